The van der Waals surface area contributed by atoms with Crippen molar-refractivity contribution in [2.45, 2.75) is 27.8 Å². The van der Waals surface area contributed by atoms with Crippen LogP contribution < -0.4 is 5.73 Å². The van der Waals surface area contributed by atoms with Gasteiger partial charge in [0, 0.05) is 0 Å². The van der Waals surface area contributed by atoms with Crippen LogP contribution in [0.15, 0.2) is 0 Å². The fourth-order valence-corrected chi connectivity index (χ4v) is 0. The van der Waals surface area contributed by atoms with Gasteiger partial charge in [-0.2, -0.15) is 0 Å². The Hall–Kier alpha value is -0.570. The fourth-order valence-electron chi connectivity index (χ4n) is 0. The molecular formula is C5H15NO2. The van der Waals surface area contributed by atoms with Crippen molar-refractivity contribution in [3.8, 4) is 0 Å². The first-order valence-electron chi connectivity index (χ1n) is 1.63. The van der Waals surface area contributed by atoms with Crippen molar-refractivity contribution in [3.63, 3.8) is 0 Å². The molecule has 0 rings (SSSR count). The van der Waals surface area contributed by atoms with Crippen molar-refractivity contribution >= 4 is 5.97 Å². The molecule has 3 heteroatoms. The van der Waals surface area contributed by atoms with E-state index in [1.807, 2.05) is 0 Å². The van der Waals surface area contributed by atoms with E-state index >= 15 is 0 Å². The summed E-state index contributed by atoms with van der Waals surface area (Å²) in [5, 5.41) is 7.87. The van der Waals surface area contributed by atoms with Gasteiger partial charge in [0.1, 0.15) is 6.04 Å². The molecule has 1 unspecified atom stereocenters. The molecule has 0 bridgehead atoms. The minimum Gasteiger partial charge on any atom is -0.480 e. The van der Waals surface area contributed by atoms with Gasteiger partial charge >= 0.3 is 5.97 Å². The number of carboxylic acid groups (broad SMARTS) is 1. The molecule has 0 amide bonds. The van der Waals surface area contributed by atoms with Crippen molar-refractivity contribution in [1.29, 1.82) is 0 Å². The number of aliphatic carboxylic acids is 1. The van der Waals surface area contributed by atoms with Crippen LogP contribution in [0.5, 0.6) is 0 Å². The second kappa shape index (κ2) is 6.43. The topological polar surface area (TPSA) is 63.3 Å². The molecule has 0 aliphatic rings. The van der Waals surface area contributed by atoms with Crippen molar-refractivity contribution < 1.29 is 9.90 Å². The van der Waals surface area contributed by atoms with Crippen LogP contribution in [0.2, 0.25) is 0 Å². The second-order valence-corrected chi connectivity index (χ2v) is 1.13. The third-order valence-corrected chi connectivity index (χ3v) is 0.390. The van der Waals surface area contributed by atoms with Crippen molar-refractivity contribution in [1.82, 2.24) is 0 Å². The van der Waals surface area contributed by atoms with Gasteiger partial charge in [0.15, 0.2) is 0 Å². The molecule has 0 aromatic rings. The highest BCUT2D eigenvalue weighted by atomic mass is 16.4. The molecule has 52 valence electrons. The summed E-state index contributed by atoms with van der Waals surface area (Å²) in [5.74, 6) is -0.963. The van der Waals surface area contributed by atoms with Gasteiger partial charge in [-0.3, -0.25) is 4.79 Å². The highest BCUT2D eigenvalue weighted by molar-refractivity contribution is 5.72. The van der Waals surface area contributed by atoms with Gasteiger partial charge in [-0.15, -0.1) is 0 Å². The Morgan fingerprint density at radius 2 is 1.75 bits per heavy atom. The molecule has 1 atom stereocenters. The van der Waals surface area contributed by atoms with Gasteiger partial charge < -0.3 is 10.8 Å². The van der Waals surface area contributed by atoms with Gasteiger partial charge in [-0.25, -0.2) is 0 Å². The lowest BCUT2D eigenvalue weighted by atomic mass is 10.4. The number of hydrogen-bond donors (Lipinski definition) is 2. The first-order chi connectivity index (χ1) is 2.64. The highest BCUT2D eigenvalue weighted by Crippen LogP contribution is 1.68. The Morgan fingerprint density at radius 3 is 1.75 bits per heavy atom. The van der Waals surface area contributed by atoms with E-state index in [-0.39, 0.29) is 14.9 Å². The van der Waals surface area contributed by atoms with Crippen LogP contribution in [0, 0.1) is 0 Å². The molecule has 0 spiro atoms. The molecule has 0 heterocycles. The van der Waals surface area contributed by atoms with Gasteiger partial charge in [0.2, 0.25) is 0 Å². The Balaban J connectivity index is -0.000000125. The molecule has 0 fully saturated rings. The summed E-state index contributed by atoms with van der Waals surface area (Å²) in [6, 6.07) is -0.731. The largest absolute Gasteiger partial charge is 0.480 e. The summed E-state index contributed by atoms with van der Waals surface area (Å²) in [7, 11) is 0. The molecule has 8 heavy (non-hydrogen) atoms. The zero-order valence-corrected chi connectivity index (χ0v) is 3.51. The molecule has 0 saturated heterocycles. The van der Waals surface area contributed by atoms with Crippen molar-refractivity contribution in [2.75, 3.05) is 0 Å². The highest BCUT2D eigenvalue weighted by Gasteiger charge is 1.99. The summed E-state index contributed by atoms with van der Waals surface area (Å²) in [4.78, 5) is 9.57. The number of carboxylic acids is 1. The molecule has 3 N–H and O–H groups in total. The zero-order valence-electron chi connectivity index (χ0n) is 3.51. The molecular weight excluding hydrogens is 106 g/mol. The van der Waals surface area contributed by atoms with Crippen LogP contribution in [0.4, 0.5) is 0 Å². The van der Waals surface area contributed by atoms with E-state index in [9.17, 15) is 4.79 Å². The van der Waals surface area contributed by atoms with Crippen LogP contribution in [-0.4, -0.2) is 17.1 Å². The predicted molar refractivity (Wildman–Crippen MR) is 34.7 cm³/mol. The zero-order chi connectivity index (χ0) is 5.15. The summed E-state index contributed by atoms with van der Waals surface area (Å²) in [6.07, 6.45) is 0. The minimum absolute atomic E-state index is 0. The lowest BCUT2D eigenvalue weighted by Crippen LogP contribution is -2.25. The summed E-state index contributed by atoms with van der Waals surface area (Å²) >= 11 is 0. The number of rotatable bonds is 1. The van der Waals surface area contributed by atoms with Crippen LogP contribution in [0.25, 0.3) is 0 Å². The van der Waals surface area contributed by atoms with E-state index in [1.54, 1.807) is 0 Å². The quantitative estimate of drug-likeness (QED) is 0.536. The fraction of sp³-hybridized carbons (Fsp3) is 0.800. The summed E-state index contributed by atoms with van der Waals surface area (Å²) < 4.78 is 0. The first kappa shape index (κ1) is 15.7. The van der Waals surface area contributed by atoms with E-state index in [2.05, 4.69) is 0 Å². The first-order valence-corrected chi connectivity index (χ1v) is 1.63. The molecule has 0 aliphatic heterocycles. The standard InChI is InChI=1S/C3H7NO2.2CH4/c1-2(4)3(5)6;;/h2H,4H2,1H3,(H,5,6);2*1H4. The third kappa shape index (κ3) is 9.06. The Bertz CT molecular complexity index is 61.4. The molecule has 0 aromatic carbocycles. The third-order valence-electron chi connectivity index (χ3n) is 0.390. The van der Waals surface area contributed by atoms with Crippen molar-refractivity contribution in [3.05, 3.63) is 0 Å². The van der Waals surface area contributed by atoms with E-state index in [1.165, 1.54) is 6.92 Å². The van der Waals surface area contributed by atoms with Gasteiger partial charge in [-0.05, 0) is 6.92 Å². The second-order valence-electron chi connectivity index (χ2n) is 1.13. The van der Waals surface area contributed by atoms with Crippen LogP contribution in [0.1, 0.15) is 21.8 Å². The van der Waals surface area contributed by atoms with Gasteiger partial charge in [0.05, 0.1) is 0 Å². The smallest absolute Gasteiger partial charge is 0.320 e. The molecule has 3 nitrogen and oxygen atoms in total. The van der Waals surface area contributed by atoms with Gasteiger partial charge in [0.25, 0.3) is 0 Å². The molecule has 0 saturated carbocycles. The number of carbonyl (C=O) groups is 1. The monoisotopic (exact) mass is 121 g/mol. The Morgan fingerprint density at radius 1 is 1.62 bits per heavy atom. The number of hydrogen-bond acceptors (Lipinski definition) is 2. The lowest BCUT2D eigenvalue weighted by molar-refractivity contribution is -0.138. The predicted octanol–water partition coefficient (Wildman–Crippen LogP) is 0.690. The van der Waals surface area contributed by atoms with Crippen LogP contribution >= 0.6 is 0 Å². The molecule has 0 aromatic heterocycles. The Labute approximate surface area is 50.5 Å². The normalized spacial score (nSPS) is 10.2. The summed E-state index contributed by atoms with van der Waals surface area (Å²) in [5.41, 5.74) is 4.84. The van der Waals surface area contributed by atoms with E-state index in [4.69, 9.17) is 10.8 Å². The minimum atomic E-state index is -0.963. The van der Waals surface area contributed by atoms with E-state index < -0.39 is 12.0 Å². The maximum Gasteiger partial charge on any atom is 0.320 e. The van der Waals surface area contributed by atoms with Gasteiger partial charge in [-0.1, -0.05) is 14.9 Å². The average Bonchev–Trinajstić information content (AvgIpc) is 1.36. The van der Waals surface area contributed by atoms with Crippen LogP contribution in [-0.2, 0) is 4.79 Å². The summed E-state index contributed by atoms with van der Waals surface area (Å²) in [6.45, 7) is 1.42. The lowest BCUT2D eigenvalue weighted by Gasteiger charge is -1.90. The van der Waals surface area contributed by atoms with Crippen LogP contribution in [0.3, 0.4) is 0 Å². The average molecular weight is 121 g/mol. The maximum absolute atomic E-state index is 9.57. The van der Waals surface area contributed by atoms with E-state index in [0.717, 1.165) is 0 Å². The molecule has 0 aliphatic carbocycles. The maximum atomic E-state index is 9.57. The number of nitrogens with two attached hydrogens (primary N) is 1. The van der Waals surface area contributed by atoms with Crippen molar-refractivity contribution in [2.24, 2.45) is 5.73 Å². The van der Waals surface area contributed by atoms with E-state index in [0.29, 0.717) is 0 Å². The Kier molecular flexibility index (Phi) is 12.6. The molecule has 0 radical (unpaired) electrons. The SMILES string of the molecule is C.C.CC(N)C(=O)O.